The summed E-state index contributed by atoms with van der Waals surface area (Å²) in [7, 11) is 0. The van der Waals surface area contributed by atoms with Crippen molar-refractivity contribution in [3.63, 3.8) is 0 Å². The van der Waals surface area contributed by atoms with E-state index in [1.165, 1.54) is 28.2 Å². The summed E-state index contributed by atoms with van der Waals surface area (Å²) in [6.45, 7) is 4.20. The monoisotopic (exact) mass is 431 g/mol. The molecule has 0 aliphatic heterocycles. The van der Waals surface area contributed by atoms with Gasteiger partial charge >= 0.3 is 0 Å². The van der Waals surface area contributed by atoms with Crippen LogP contribution in [0.3, 0.4) is 0 Å². The third kappa shape index (κ3) is 4.54. The summed E-state index contributed by atoms with van der Waals surface area (Å²) < 4.78 is 6.78. The number of hydrogen-bond acceptors (Lipinski definition) is 9. The normalized spacial score (nSPS) is 11.4. The zero-order valence-electron chi connectivity index (χ0n) is 15.6. The number of carbonyl (C=O) groups is 1. The quantitative estimate of drug-likeness (QED) is 0.427. The maximum Gasteiger partial charge on any atom is 0.266 e. The zero-order chi connectivity index (χ0) is 20.4. The van der Waals surface area contributed by atoms with Gasteiger partial charge in [-0.25, -0.2) is 9.50 Å². The van der Waals surface area contributed by atoms with E-state index < -0.39 is 0 Å². The summed E-state index contributed by atoms with van der Waals surface area (Å²) in [5.74, 6) is 1.10. The Morgan fingerprint density at radius 2 is 2.24 bits per heavy atom. The van der Waals surface area contributed by atoms with Crippen molar-refractivity contribution in [2.45, 2.75) is 25.4 Å². The Hall–Kier alpha value is -2.99. The summed E-state index contributed by atoms with van der Waals surface area (Å²) in [6, 6.07) is 4.81. The highest BCUT2D eigenvalue weighted by Crippen LogP contribution is 2.23. The Kier molecular flexibility index (Phi) is 5.45. The fourth-order valence-corrected chi connectivity index (χ4v) is 4.24. The summed E-state index contributed by atoms with van der Waals surface area (Å²) in [4.78, 5) is 32.8. The molecule has 0 aliphatic carbocycles. The molecule has 0 aliphatic rings. The van der Waals surface area contributed by atoms with Crippen molar-refractivity contribution in [2.75, 3.05) is 11.1 Å². The molecule has 4 rings (SSSR count). The van der Waals surface area contributed by atoms with Crippen LogP contribution < -0.4 is 10.9 Å². The van der Waals surface area contributed by atoms with Gasteiger partial charge in [0.25, 0.3) is 5.56 Å². The van der Waals surface area contributed by atoms with Crippen LogP contribution in [0.1, 0.15) is 18.9 Å². The second kappa shape index (κ2) is 8.17. The van der Waals surface area contributed by atoms with Gasteiger partial charge in [-0.3, -0.25) is 20.0 Å². The topological polar surface area (TPSA) is 131 Å². The van der Waals surface area contributed by atoms with Gasteiger partial charge in [0.1, 0.15) is 5.01 Å². The molecule has 10 nitrogen and oxygen atoms in total. The Bertz CT molecular complexity index is 1190. The lowest BCUT2D eigenvalue weighted by molar-refractivity contribution is -0.113. The smallest absolute Gasteiger partial charge is 0.266 e. The standard InChI is InChI=1S/C17H17N7O3S2/c1-9(2)6-14-21-22-16(29-14)19-13(26)8-28-17-20-15(10-4-3-5-27-10)18-11-7-12(25)23-24(11)17/h3-5,7,9H,6,8H2,1-2H3,(H,23,25)(H,19,22,26). The molecule has 0 aromatic carbocycles. The van der Waals surface area contributed by atoms with Crippen LogP contribution in [0.25, 0.3) is 17.2 Å². The number of nitrogens with one attached hydrogen (secondary N) is 2. The van der Waals surface area contributed by atoms with E-state index in [0.717, 1.165) is 23.2 Å². The molecule has 1 amide bonds. The van der Waals surface area contributed by atoms with E-state index >= 15 is 0 Å². The molecule has 2 N–H and O–H groups in total. The van der Waals surface area contributed by atoms with Crippen LogP contribution in [0.5, 0.6) is 0 Å². The Balaban J connectivity index is 1.49. The lowest BCUT2D eigenvalue weighted by Gasteiger charge is -2.06. The lowest BCUT2D eigenvalue weighted by atomic mass is 10.1. The number of amides is 1. The molecule has 0 spiro atoms. The van der Waals surface area contributed by atoms with Gasteiger partial charge < -0.3 is 4.42 Å². The Morgan fingerprint density at radius 1 is 1.38 bits per heavy atom. The van der Waals surface area contributed by atoms with Gasteiger partial charge in [0.15, 0.2) is 22.4 Å². The van der Waals surface area contributed by atoms with Crippen molar-refractivity contribution in [2.24, 2.45) is 5.92 Å². The molecule has 0 fully saturated rings. The first-order valence-corrected chi connectivity index (χ1v) is 10.6. The highest BCUT2D eigenvalue weighted by atomic mass is 32.2. The third-order valence-corrected chi connectivity index (χ3v) is 5.49. The average Bonchev–Trinajstić information content (AvgIpc) is 3.39. The molecule has 0 radical (unpaired) electrons. The van der Waals surface area contributed by atoms with Gasteiger partial charge in [0.2, 0.25) is 11.0 Å². The predicted octanol–water partition coefficient (Wildman–Crippen LogP) is 2.46. The van der Waals surface area contributed by atoms with E-state index in [-0.39, 0.29) is 17.2 Å². The summed E-state index contributed by atoms with van der Waals surface area (Å²) >= 11 is 2.53. The van der Waals surface area contributed by atoms with E-state index in [9.17, 15) is 9.59 Å². The van der Waals surface area contributed by atoms with E-state index in [2.05, 4.69) is 44.4 Å². The number of hydrogen-bond donors (Lipinski definition) is 2. The van der Waals surface area contributed by atoms with Crippen LogP contribution in [0.2, 0.25) is 0 Å². The molecule has 4 heterocycles. The van der Waals surface area contributed by atoms with Gasteiger partial charge in [-0.15, -0.1) is 10.2 Å². The van der Waals surface area contributed by atoms with Gasteiger partial charge in [-0.2, -0.15) is 4.98 Å². The number of H-pyrrole nitrogens is 1. The minimum atomic E-state index is -0.311. The van der Waals surface area contributed by atoms with Crippen molar-refractivity contribution < 1.29 is 9.21 Å². The third-order valence-electron chi connectivity index (χ3n) is 3.69. The van der Waals surface area contributed by atoms with Crippen LogP contribution in [-0.2, 0) is 11.2 Å². The number of carbonyl (C=O) groups excluding carboxylic acids is 1. The highest BCUT2D eigenvalue weighted by molar-refractivity contribution is 7.99. The first-order chi connectivity index (χ1) is 14.0. The number of nitrogens with zero attached hydrogens (tertiary/aromatic N) is 5. The molecule has 0 atom stereocenters. The highest BCUT2D eigenvalue weighted by Gasteiger charge is 2.15. The number of aromatic nitrogens is 6. The summed E-state index contributed by atoms with van der Waals surface area (Å²) in [6.07, 6.45) is 2.33. The van der Waals surface area contributed by atoms with E-state index in [1.54, 1.807) is 12.1 Å². The number of rotatable bonds is 7. The number of aromatic amines is 1. The molecule has 4 aromatic heterocycles. The maximum absolute atomic E-state index is 12.3. The molecule has 150 valence electrons. The molecule has 0 saturated carbocycles. The van der Waals surface area contributed by atoms with Crippen molar-refractivity contribution in [1.82, 2.24) is 29.8 Å². The predicted molar refractivity (Wildman–Crippen MR) is 109 cm³/mol. The van der Waals surface area contributed by atoms with Gasteiger partial charge in [-0.1, -0.05) is 36.9 Å². The van der Waals surface area contributed by atoms with Crippen LogP contribution in [0.4, 0.5) is 5.13 Å². The minimum absolute atomic E-state index is 0.0724. The number of fused-ring (bicyclic) bond motifs is 1. The average molecular weight is 432 g/mol. The molecule has 12 heteroatoms. The van der Waals surface area contributed by atoms with Crippen LogP contribution in [-0.4, -0.2) is 41.4 Å². The maximum atomic E-state index is 12.3. The van der Waals surface area contributed by atoms with E-state index in [0.29, 0.717) is 33.4 Å². The number of anilines is 1. The van der Waals surface area contributed by atoms with E-state index in [1.807, 2.05) is 0 Å². The second-order valence-electron chi connectivity index (χ2n) is 6.56. The van der Waals surface area contributed by atoms with Gasteiger partial charge in [0, 0.05) is 12.5 Å². The van der Waals surface area contributed by atoms with Crippen LogP contribution in [0.15, 0.2) is 38.8 Å². The fourth-order valence-electron chi connectivity index (χ4n) is 2.52. The molecular formula is C17H17N7O3S2. The van der Waals surface area contributed by atoms with E-state index in [4.69, 9.17) is 4.42 Å². The van der Waals surface area contributed by atoms with Crippen molar-refractivity contribution in [1.29, 1.82) is 0 Å². The SMILES string of the molecule is CC(C)Cc1nnc(NC(=O)CSc2nc(-c3ccco3)nc3cc(=O)[nH]n23)s1. The molecule has 0 unspecified atom stereocenters. The van der Waals surface area contributed by atoms with Crippen molar-refractivity contribution in [3.05, 3.63) is 39.8 Å². The minimum Gasteiger partial charge on any atom is -0.461 e. The summed E-state index contributed by atoms with van der Waals surface area (Å²) in [5.41, 5.74) is 0.0792. The zero-order valence-corrected chi connectivity index (χ0v) is 17.2. The van der Waals surface area contributed by atoms with Crippen LogP contribution in [0, 0.1) is 5.92 Å². The lowest BCUT2D eigenvalue weighted by Crippen LogP contribution is -2.15. The molecule has 0 bridgehead atoms. The first kappa shape index (κ1) is 19.3. The number of furan rings is 1. The number of thioether (sulfide) groups is 1. The van der Waals surface area contributed by atoms with Crippen molar-refractivity contribution >= 4 is 39.8 Å². The molecule has 29 heavy (non-hydrogen) atoms. The summed E-state index contributed by atoms with van der Waals surface area (Å²) in [5, 5.41) is 15.2. The van der Waals surface area contributed by atoms with Gasteiger partial charge in [-0.05, 0) is 18.1 Å². The molecule has 0 saturated heterocycles. The second-order valence-corrected chi connectivity index (χ2v) is 8.56. The fraction of sp³-hybridized carbons (Fsp3) is 0.294. The molecule has 4 aromatic rings. The van der Waals surface area contributed by atoms with Gasteiger partial charge in [0.05, 0.1) is 12.0 Å². The van der Waals surface area contributed by atoms with Crippen LogP contribution >= 0.6 is 23.1 Å². The van der Waals surface area contributed by atoms with Crippen molar-refractivity contribution in [3.8, 4) is 11.6 Å². The molecular weight excluding hydrogens is 414 g/mol. The Labute approximate surface area is 172 Å². The Morgan fingerprint density at radius 3 is 3.00 bits per heavy atom. The largest absolute Gasteiger partial charge is 0.461 e. The first-order valence-electron chi connectivity index (χ1n) is 8.76.